The Hall–Kier alpha value is -4.31. The van der Waals surface area contributed by atoms with E-state index in [-0.39, 0.29) is 11.5 Å². The quantitative estimate of drug-likeness (QED) is 0.296. The maximum atomic E-state index is 13.3. The zero-order valence-corrected chi connectivity index (χ0v) is 19.2. The molecule has 172 valence electrons. The van der Waals surface area contributed by atoms with E-state index in [9.17, 15) is 14.0 Å². The number of carbonyl (C=O) groups is 2. The molecular weight excluding hydrogens is 455 g/mol. The minimum Gasteiger partial charge on any atom is -0.354 e. The Bertz CT molecular complexity index is 1340. The largest absolute Gasteiger partial charge is 0.354 e. The molecule has 0 aliphatic rings. The highest BCUT2D eigenvalue weighted by Gasteiger charge is 2.14. The van der Waals surface area contributed by atoms with Crippen LogP contribution in [0.5, 0.6) is 0 Å². The monoisotopic (exact) mass is 476 g/mol. The first kappa shape index (κ1) is 22.9. The van der Waals surface area contributed by atoms with E-state index in [2.05, 4.69) is 31.2 Å². The van der Waals surface area contributed by atoms with Crippen LogP contribution in [-0.2, 0) is 0 Å². The highest BCUT2D eigenvalue weighted by molar-refractivity contribution is 7.12. The van der Waals surface area contributed by atoms with Gasteiger partial charge in [-0.15, -0.1) is 11.3 Å². The summed E-state index contributed by atoms with van der Waals surface area (Å²) in [6.07, 6.45) is 1.68. The number of rotatable bonds is 7. The van der Waals surface area contributed by atoms with Gasteiger partial charge in [0.25, 0.3) is 11.8 Å². The topological polar surface area (TPSA) is 108 Å². The molecule has 2 heterocycles. The van der Waals surface area contributed by atoms with Crippen LogP contribution < -0.4 is 21.3 Å². The fourth-order valence-electron chi connectivity index (χ4n) is 3.05. The standard InChI is InChI=1S/C24H21FN6O2S/c1-14-13-27-24(31-21(14)30-19-10-11-34-20(19)23(33)26-2)29-18-8-6-17(7-9-18)28-22(32)15-4-3-5-16(25)12-15/h3-13H,1-2H3,(H,26,33)(H,28,32)(H2,27,29,30,31). The summed E-state index contributed by atoms with van der Waals surface area (Å²) in [5.41, 5.74) is 2.98. The fraction of sp³-hybridized carbons (Fsp3) is 0.0833. The van der Waals surface area contributed by atoms with E-state index >= 15 is 0 Å². The molecular formula is C24H21FN6O2S. The number of halogens is 1. The Kier molecular flexibility index (Phi) is 6.79. The molecule has 0 aliphatic carbocycles. The SMILES string of the molecule is CNC(=O)c1sccc1Nc1nc(Nc2ccc(NC(=O)c3cccc(F)c3)cc2)ncc1C. The van der Waals surface area contributed by atoms with Gasteiger partial charge in [-0.25, -0.2) is 9.37 Å². The van der Waals surface area contributed by atoms with Crippen molar-refractivity contribution in [2.45, 2.75) is 6.92 Å². The minimum absolute atomic E-state index is 0.174. The van der Waals surface area contributed by atoms with Gasteiger partial charge in [0.1, 0.15) is 16.5 Å². The van der Waals surface area contributed by atoms with Crippen LogP contribution in [0, 0.1) is 12.7 Å². The second-order valence-electron chi connectivity index (χ2n) is 7.26. The van der Waals surface area contributed by atoms with E-state index in [1.54, 1.807) is 43.6 Å². The molecule has 0 spiro atoms. The zero-order valence-electron chi connectivity index (χ0n) is 18.3. The lowest BCUT2D eigenvalue weighted by Gasteiger charge is -2.12. The van der Waals surface area contributed by atoms with Gasteiger partial charge in [0.2, 0.25) is 5.95 Å². The Labute approximate surface area is 199 Å². The molecule has 0 saturated heterocycles. The molecule has 2 aromatic carbocycles. The summed E-state index contributed by atoms with van der Waals surface area (Å²) in [5.74, 6) is -0.112. The Morgan fingerprint density at radius 1 is 0.971 bits per heavy atom. The van der Waals surface area contributed by atoms with Crippen molar-refractivity contribution < 1.29 is 14.0 Å². The van der Waals surface area contributed by atoms with E-state index in [1.165, 1.54) is 29.5 Å². The molecule has 4 aromatic rings. The van der Waals surface area contributed by atoms with Crippen molar-refractivity contribution in [3.05, 3.63) is 88.0 Å². The van der Waals surface area contributed by atoms with Crippen molar-refractivity contribution >= 4 is 52.0 Å². The molecule has 4 N–H and O–H groups in total. The van der Waals surface area contributed by atoms with Gasteiger partial charge in [-0.05, 0) is 60.8 Å². The number of hydrogen-bond acceptors (Lipinski definition) is 7. The second kappa shape index (κ2) is 10.1. The molecule has 4 rings (SSSR count). The number of nitrogens with zero attached hydrogens (tertiary/aromatic N) is 2. The number of aryl methyl sites for hydroxylation is 1. The van der Waals surface area contributed by atoms with Gasteiger partial charge in [-0.1, -0.05) is 6.07 Å². The van der Waals surface area contributed by atoms with Crippen LogP contribution in [0.3, 0.4) is 0 Å². The van der Waals surface area contributed by atoms with Crippen molar-refractivity contribution in [1.29, 1.82) is 0 Å². The summed E-state index contributed by atoms with van der Waals surface area (Å²) in [6, 6.07) is 14.3. The molecule has 0 radical (unpaired) electrons. The minimum atomic E-state index is -0.469. The number of anilines is 5. The Balaban J connectivity index is 1.44. The van der Waals surface area contributed by atoms with Crippen LogP contribution in [0.2, 0.25) is 0 Å². The van der Waals surface area contributed by atoms with Crippen LogP contribution in [-0.4, -0.2) is 28.8 Å². The van der Waals surface area contributed by atoms with Crippen LogP contribution in [0.15, 0.2) is 66.2 Å². The molecule has 0 atom stereocenters. The molecule has 10 heteroatoms. The molecule has 2 amide bonds. The van der Waals surface area contributed by atoms with Crippen molar-refractivity contribution in [3.8, 4) is 0 Å². The number of amides is 2. The third kappa shape index (κ3) is 5.36. The van der Waals surface area contributed by atoms with Crippen molar-refractivity contribution in [3.63, 3.8) is 0 Å². The van der Waals surface area contributed by atoms with Gasteiger partial charge in [-0.3, -0.25) is 9.59 Å². The summed E-state index contributed by atoms with van der Waals surface area (Å²) in [7, 11) is 1.59. The van der Waals surface area contributed by atoms with E-state index in [0.29, 0.717) is 33.7 Å². The van der Waals surface area contributed by atoms with Crippen LogP contribution >= 0.6 is 11.3 Å². The van der Waals surface area contributed by atoms with E-state index in [4.69, 9.17) is 0 Å². The molecule has 0 bridgehead atoms. The van der Waals surface area contributed by atoms with Gasteiger partial charge in [0.15, 0.2) is 0 Å². The zero-order chi connectivity index (χ0) is 24.1. The average molecular weight is 477 g/mol. The first-order chi connectivity index (χ1) is 16.4. The lowest BCUT2D eigenvalue weighted by atomic mass is 10.2. The lowest BCUT2D eigenvalue weighted by Crippen LogP contribution is -2.17. The normalized spacial score (nSPS) is 10.4. The number of benzene rings is 2. The van der Waals surface area contributed by atoms with Crippen LogP contribution in [0.25, 0.3) is 0 Å². The van der Waals surface area contributed by atoms with Crippen molar-refractivity contribution in [1.82, 2.24) is 15.3 Å². The predicted octanol–water partition coefficient (Wildman–Crippen LogP) is 5.08. The Morgan fingerprint density at radius 3 is 2.47 bits per heavy atom. The maximum absolute atomic E-state index is 13.3. The van der Waals surface area contributed by atoms with Crippen LogP contribution in [0.4, 0.5) is 33.2 Å². The summed E-state index contributed by atoms with van der Waals surface area (Å²) < 4.78 is 13.3. The maximum Gasteiger partial charge on any atom is 0.263 e. The van der Waals surface area contributed by atoms with Gasteiger partial charge in [-0.2, -0.15) is 4.98 Å². The summed E-state index contributed by atoms with van der Waals surface area (Å²) in [4.78, 5) is 33.7. The highest BCUT2D eigenvalue weighted by atomic mass is 32.1. The van der Waals surface area contributed by atoms with Gasteiger partial charge in [0, 0.05) is 35.7 Å². The number of aromatic nitrogens is 2. The van der Waals surface area contributed by atoms with Gasteiger partial charge >= 0.3 is 0 Å². The summed E-state index contributed by atoms with van der Waals surface area (Å²) >= 11 is 1.34. The summed E-state index contributed by atoms with van der Waals surface area (Å²) in [5, 5.41) is 13.5. The molecule has 0 saturated carbocycles. The third-order valence-corrected chi connectivity index (χ3v) is 5.72. The smallest absolute Gasteiger partial charge is 0.263 e. The lowest BCUT2D eigenvalue weighted by molar-refractivity contribution is 0.0966. The Morgan fingerprint density at radius 2 is 1.74 bits per heavy atom. The third-order valence-electron chi connectivity index (χ3n) is 4.81. The number of thiophene rings is 1. The van der Waals surface area contributed by atoms with Gasteiger partial charge in [0.05, 0.1) is 5.69 Å². The molecule has 34 heavy (non-hydrogen) atoms. The molecule has 0 unspecified atom stereocenters. The first-order valence-electron chi connectivity index (χ1n) is 10.3. The molecule has 0 fully saturated rings. The molecule has 0 aliphatic heterocycles. The second-order valence-corrected chi connectivity index (χ2v) is 8.18. The van der Waals surface area contributed by atoms with E-state index in [1.807, 2.05) is 18.4 Å². The number of hydrogen-bond donors (Lipinski definition) is 4. The molecule has 2 aromatic heterocycles. The van der Waals surface area contributed by atoms with Crippen molar-refractivity contribution in [2.75, 3.05) is 23.0 Å². The number of carbonyl (C=O) groups excluding carboxylic acids is 2. The fourth-order valence-corrected chi connectivity index (χ4v) is 3.85. The van der Waals surface area contributed by atoms with E-state index in [0.717, 1.165) is 5.56 Å². The average Bonchev–Trinajstić information content (AvgIpc) is 3.30. The first-order valence-corrected chi connectivity index (χ1v) is 11.1. The molecule has 8 nitrogen and oxygen atoms in total. The van der Waals surface area contributed by atoms with Crippen LogP contribution in [0.1, 0.15) is 25.6 Å². The van der Waals surface area contributed by atoms with Gasteiger partial charge < -0.3 is 21.3 Å². The summed E-state index contributed by atoms with van der Waals surface area (Å²) in [6.45, 7) is 1.87. The highest BCUT2D eigenvalue weighted by Crippen LogP contribution is 2.27. The van der Waals surface area contributed by atoms with E-state index < -0.39 is 11.7 Å². The number of nitrogens with one attached hydrogen (secondary N) is 4. The predicted molar refractivity (Wildman–Crippen MR) is 132 cm³/mol. The van der Waals surface area contributed by atoms with Crippen molar-refractivity contribution in [2.24, 2.45) is 0 Å².